The van der Waals surface area contributed by atoms with Crippen molar-refractivity contribution in [3.63, 3.8) is 0 Å². The Labute approximate surface area is 125 Å². The summed E-state index contributed by atoms with van der Waals surface area (Å²) in [6.45, 7) is 3.10. The van der Waals surface area contributed by atoms with E-state index in [9.17, 15) is 14.7 Å². The van der Waals surface area contributed by atoms with Gasteiger partial charge in [-0.25, -0.2) is 9.59 Å². The lowest BCUT2D eigenvalue weighted by atomic mass is 10.2. The van der Waals surface area contributed by atoms with Gasteiger partial charge in [-0.3, -0.25) is 9.88 Å². The Morgan fingerprint density at radius 2 is 2.45 bits per heavy atom. The smallest absolute Gasteiger partial charge is 0.413 e. The normalized spacial score (nSPS) is 24.0. The molecule has 1 aliphatic rings. The molecular formula is C13H17N3O6. The number of carbonyl (C=O) groups is 1. The average molecular weight is 311 g/mol. The number of nitrogens with one attached hydrogen (secondary N) is 1. The van der Waals surface area contributed by atoms with Gasteiger partial charge < -0.3 is 19.7 Å². The van der Waals surface area contributed by atoms with Crippen LogP contribution in [0.25, 0.3) is 0 Å². The SMILES string of the molecule is C=CCOC(=O)Nc1ccn([C@H]2C[C@H](O)[C@@H](CO)O2)c(=O)n1. The van der Waals surface area contributed by atoms with Gasteiger partial charge in [-0.2, -0.15) is 4.98 Å². The van der Waals surface area contributed by atoms with Gasteiger partial charge in [-0.15, -0.1) is 0 Å². The lowest BCUT2D eigenvalue weighted by Crippen LogP contribution is -2.28. The van der Waals surface area contributed by atoms with Crippen molar-refractivity contribution >= 4 is 11.9 Å². The summed E-state index contributed by atoms with van der Waals surface area (Å²) in [6, 6.07) is 1.40. The summed E-state index contributed by atoms with van der Waals surface area (Å²) in [6.07, 6.45) is -0.0921. The number of nitrogens with zero attached hydrogens (tertiary/aromatic N) is 2. The van der Waals surface area contributed by atoms with Crippen LogP contribution in [0.4, 0.5) is 10.6 Å². The summed E-state index contributed by atoms with van der Waals surface area (Å²) in [4.78, 5) is 27.0. The predicted octanol–water partition coefficient (Wildman–Crippen LogP) is -0.382. The quantitative estimate of drug-likeness (QED) is 0.633. The zero-order valence-corrected chi connectivity index (χ0v) is 11.7. The van der Waals surface area contributed by atoms with Crippen molar-refractivity contribution in [2.24, 2.45) is 0 Å². The van der Waals surface area contributed by atoms with E-state index in [0.29, 0.717) is 0 Å². The minimum Gasteiger partial charge on any atom is -0.445 e. The molecule has 1 amide bonds. The summed E-state index contributed by atoms with van der Waals surface area (Å²) in [5.74, 6) is 0.0348. The van der Waals surface area contributed by atoms with Crippen LogP contribution in [-0.4, -0.2) is 51.3 Å². The van der Waals surface area contributed by atoms with Gasteiger partial charge >= 0.3 is 11.8 Å². The first-order chi connectivity index (χ1) is 10.5. The van der Waals surface area contributed by atoms with Gasteiger partial charge in [0.25, 0.3) is 0 Å². The Bertz CT molecular complexity index is 602. The number of rotatable bonds is 5. The van der Waals surface area contributed by atoms with E-state index in [2.05, 4.69) is 16.9 Å². The maximum atomic E-state index is 11.9. The second-order valence-electron chi connectivity index (χ2n) is 4.63. The molecule has 2 heterocycles. The van der Waals surface area contributed by atoms with Crippen LogP contribution in [0.15, 0.2) is 29.7 Å². The van der Waals surface area contributed by atoms with E-state index in [1.54, 1.807) is 0 Å². The number of amides is 1. The Morgan fingerprint density at radius 3 is 3.05 bits per heavy atom. The van der Waals surface area contributed by atoms with Crippen LogP contribution in [0.3, 0.4) is 0 Å². The van der Waals surface area contributed by atoms with Crippen LogP contribution in [0.1, 0.15) is 12.6 Å². The number of aliphatic hydroxyl groups excluding tert-OH is 2. The fourth-order valence-electron chi connectivity index (χ4n) is 2.03. The zero-order valence-electron chi connectivity index (χ0n) is 11.7. The third-order valence-corrected chi connectivity index (χ3v) is 3.09. The maximum absolute atomic E-state index is 11.9. The largest absolute Gasteiger partial charge is 0.445 e. The standard InChI is InChI=1S/C13H17N3O6/c1-2-5-21-13(20)15-10-3-4-16(12(19)14-10)11-6-8(18)9(7-17)22-11/h2-4,8-9,11,17-18H,1,5-7H2,(H,14,15,19,20)/t8-,9+,11+/m0/s1. The molecule has 1 saturated heterocycles. The highest BCUT2D eigenvalue weighted by atomic mass is 16.5. The number of carbonyl (C=O) groups excluding carboxylic acids is 1. The minimum atomic E-state index is -0.853. The Balaban J connectivity index is 2.06. The first kappa shape index (κ1) is 16.1. The molecule has 120 valence electrons. The van der Waals surface area contributed by atoms with Crippen LogP contribution in [-0.2, 0) is 9.47 Å². The molecule has 9 nitrogen and oxygen atoms in total. The number of aromatic nitrogens is 2. The van der Waals surface area contributed by atoms with Gasteiger partial charge in [0.2, 0.25) is 0 Å². The number of aliphatic hydroxyl groups is 2. The van der Waals surface area contributed by atoms with Crippen LogP contribution < -0.4 is 11.0 Å². The van der Waals surface area contributed by atoms with E-state index in [1.807, 2.05) is 0 Å². The van der Waals surface area contributed by atoms with E-state index in [0.717, 1.165) is 0 Å². The van der Waals surface area contributed by atoms with Crippen molar-refractivity contribution in [3.05, 3.63) is 35.4 Å². The van der Waals surface area contributed by atoms with Gasteiger partial charge in [0, 0.05) is 12.6 Å². The molecule has 3 atom stereocenters. The molecule has 1 aliphatic heterocycles. The number of hydrogen-bond donors (Lipinski definition) is 3. The van der Waals surface area contributed by atoms with Gasteiger partial charge in [0.15, 0.2) is 0 Å². The van der Waals surface area contributed by atoms with Crippen LogP contribution in [0, 0.1) is 0 Å². The molecule has 0 aromatic carbocycles. The fourth-order valence-corrected chi connectivity index (χ4v) is 2.03. The van der Waals surface area contributed by atoms with Crippen molar-refractivity contribution < 1.29 is 24.5 Å². The first-order valence-electron chi connectivity index (χ1n) is 6.63. The third kappa shape index (κ3) is 3.70. The summed E-state index contributed by atoms with van der Waals surface area (Å²) in [5, 5.41) is 21.0. The second-order valence-corrected chi connectivity index (χ2v) is 4.63. The summed E-state index contributed by atoms with van der Waals surface area (Å²) in [5.41, 5.74) is -0.655. The van der Waals surface area contributed by atoms with Gasteiger partial charge in [0.1, 0.15) is 24.8 Å². The monoisotopic (exact) mass is 311 g/mol. The molecule has 9 heteroatoms. The number of ether oxygens (including phenoxy) is 2. The molecule has 0 spiro atoms. The summed E-state index contributed by atoms with van der Waals surface area (Å²) in [7, 11) is 0. The zero-order chi connectivity index (χ0) is 16.1. The van der Waals surface area contributed by atoms with Crippen LogP contribution in [0.2, 0.25) is 0 Å². The van der Waals surface area contributed by atoms with E-state index in [4.69, 9.17) is 14.6 Å². The topological polar surface area (TPSA) is 123 Å². The molecule has 1 aromatic rings. The summed E-state index contributed by atoms with van der Waals surface area (Å²) < 4.78 is 11.2. The molecule has 2 rings (SSSR count). The van der Waals surface area contributed by atoms with Crippen molar-refractivity contribution in [1.29, 1.82) is 0 Å². The average Bonchev–Trinajstić information content (AvgIpc) is 2.86. The molecule has 0 radical (unpaired) electrons. The third-order valence-electron chi connectivity index (χ3n) is 3.09. The van der Waals surface area contributed by atoms with Crippen molar-refractivity contribution in [3.8, 4) is 0 Å². The van der Waals surface area contributed by atoms with E-state index < -0.39 is 30.2 Å². The molecule has 3 N–H and O–H groups in total. The second kappa shape index (κ2) is 7.16. The van der Waals surface area contributed by atoms with Crippen molar-refractivity contribution in [2.45, 2.75) is 24.9 Å². The Morgan fingerprint density at radius 1 is 1.68 bits per heavy atom. The molecule has 1 fully saturated rings. The molecule has 0 unspecified atom stereocenters. The van der Waals surface area contributed by atoms with Crippen molar-refractivity contribution in [2.75, 3.05) is 18.5 Å². The van der Waals surface area contributed by atoms with Gasteiger partial charge in [-0.05, 0) is 6.07 Å². The highest BCUT2D eigenvalue weighted by Crippen LogP contribution is 2.27. The fraction of sp³-hybridized carbons (Fsp3) is 0.462. The number of hydrogen-bond acceptors (Lipinski definition) is 7. The van der Waals surface area contributed by atoms with Crippen LogP contribution in [0.5, 0.6) is 0 Å². The Kier molecular flexibility index (Phi) is 5.26. The highest BCUT2D eigenvalue weighted by molar-refractivity contribution is 5.83. The lowest BCUT2D eigenvalue weighted by molar-refractivity contribution is -0.0458. The minimum absolute atomic E-state index is 0.0348. The molecule has 0 bridgehead atoms. The highest BCUT2D eigenvalue weighted by Gasteiger charge is 2.34. The Hall–Kier alpha value is -2.23. The predicted molar refractivity (Wildman–Crippen MR) is 75.3 cm³/mol. The van der Waals surface area contributed by atoms with Crippen LogP contribution >= 0.6 is 0 Å². The first-order valence-corrected chi connectivity index (χ1v) is 6.63. The van der Waals surface area contributed by atoms with E-state index in [1.165, 1.54) is 22.9 Å². The van der Waals surface area contributed by atoms with Gasteiger partial charge in [-0.1, -0.05) is 12.7 Å². The maximum Gasteiger partial charge on any atom is 0.413 e. The molecule has 22 heavy (non-hydrogen) atoms. The lowest BCUT2D eigenvalue weighted by Gasteiger charge is -2.14. The molecule has 0 aliphatic carbocycles. The van der Waals surface area contributed by atoms with E-state index >= 15 is 0 Å². The summed E-state index contributed by atoms with van der Waals surface area (Å²) >= 11 is 0. The molecule has 1 aromatic heterocycles. The van der Waals surface area contributed by atoms with Crippen molar-refractivity contribution in [1.82, 2.24) is 9.55 Å². The molecular weight excluding hydrogens is 294 g/mol. The van der Waals surface area contributed by atoms with E-state index in [-0.39, 0.29) is 25.5 Å². The van der Waals surface area contributed by atoms with Gasteiger partial charge in [0.05, 0.1) is 12.7 Å². The molecule has 0 saturated carbocycles. The number of anilines is 1.